The van der Waals surface area contributed by atoms with Gasteiger partial charge in [-0.1, -0.05) is 25.6 Å². The molecule has 1 aliphatic carbocycles. The van der Waals surface area contributed by atoms with Gasteiger partial charge in [0.05, 0.1) is 11.3 Å². The second-order valence-electron chi connectivity index (χ2n) is 9.06. The van der Waals surface area contributed by atoms with Crippen LogP contribution in [0, 0.1) is 12.8 Å². The number of thioether (sulfide) groups is 1. The summed E-state index contributed by atoms with van der Waals surface area (Å²) < 4.78 is 2.10. The number of amides is 2. The van der Waals surface area contributed by atoms with Crippen molar-refractivity contribution in [2.75, 3.05) is 11.1 Å². The lowest BCUT2D eigenvalue weighted by Gasteiger charge is -2.18. The number of rotatable bonds is 8. The minimum atomic E-state index is -0.475. The van der Waals surface area contributed by atoms with Crippen LogP contribution in [-0.2, 0) is 24.1 Å². The van der Waals surface area contributed by atoms with Crippen LogP contribution in [0.1, 0.15) is 71.4 Å². The average molecular weight is 518 g/mol. The topological polar surface area (TPSA) is 103 Å². The first kappa shape index (κ1) is 24.9. The number of aromatic nitrogens is 3. The zero-order valence-electron chi connectivity index (χ0n) is 20.2. The fraction of sp³-hybridized carbons (Fsp3) is 0.500. The van der Waals surface area contributed by atoms with E-state index >= 15 is 0 Å². The van der Waals surface area contributed by atoms with Gasteiger partial charge >= 0.3 is 0 Å². The summed E-state index contributed by atoms with van der Waals surface area (Å²) in [7, 11) is 0. The number of thiophene rings is 2. The molecule has 0 fully saturated rings. The Bertz CT molecular complexity index is 1220. The van der Waals surface area contributed by atoms with Crippen molar-refractivity contribution in [2.24, 2.45) is 11.7 Å². The molecule has 7 nitrogen and oxygen atoms in total. The normalized spacial score (nSPS) is 15.5. The Balaban J connectivity index is 1.52. The minimum absolute atomic E-state index is 0.146. The van der Waals surface area contributed by atoms with Gasteiger partial charge in [-0.3, -0.25) is 14.2 Å². The largest absolute Gasteiger partial charge is 0.365 e. The van der Waals surface area contributed by atoms with Crippen LogP contribution in [0.25, 0.3) is 11.4 Å². The first-order valence-electron chi connectivity index (χ1n) is 11.6. The highest BCUT2D eigenvalue weighted by Crippen LogP contribution is 2.40. The van der Waals surface area contributed by atoms with Crippen molar-refractivity contribution in [3.05, 3.63) is 31.8 Å². The second kappa shape index (κ2) is 10.2. The first-order chi connectivity index (χ1) is 16.2. The summed E-state index contributed by atoms with van der Waals surface area (Å²) in [6, 6.07) is 0.146. The molecular formula is C24H31N5O2S3. The molecule has 2 amide bonds. The van der Waals surface area contributed by atoms with Crippen molar-refractivity contribution in [1.29, 1.82) is 0 Å². The van der Waals surface area contributed by atoms with Gasteiger partial charge < -0.3 is 11.1 Å². The first-order valence-corrected chi connectivity index (χ1v) is 14.3. The summed E-state index contributed by atoms with van der Waals surface area (Å²) in [5.74, 6) is 0.931. The monoisotopic (exact) mass is 517 g/mol. The van der Waals surface area contributed by atoms with Crippen molar-refractivity contribution < 1.29 is 9.59 Å². The number of nitrogens with two attached hydrogens (primary N) is 1. The molecule has 0 aromatic carbocycles. The van der Waals surface area contributed by atoms with E-state index in [1.54, 1.807) is 11.3 Å². The lowest BCUT2D eigenvalue weighted by atomic mass is 9.88. The van der Waals surface area contributed by atoms with E-state index in [1.165, 1.54) is 33.5 Å². The van der Waals surface area contributed by atoms with Gasteiger partial charge in [0.1, 0.15) is 5.00 Å². The predicted octanol–water partition coefficient (Wildman–Crippen LogP) is 5.47. The molecule has 3 aromatic rings. The van der Waals surface area contributed by atoms with E-state index in [9.17, 15) is 9.59 Å². The molecule has 0 saturated carbocycles. The maximum atomic E-state index is 12.9. The van der Waals surface area contributed by atoms with Crippen LogP contribution in [0.4, 0.5) is 5.00 Å². The van der Waals surface area contributed by atoms with Crippen LogP contribution in [0.15, 0.2) is 10.5 Å². The third-order valence-corrected chi connectivity index (χ3v) is 9.29. The highest BCUT2D eigenvalue weighted by atomic mass is 32.2. The summed E-state index contributed by atoms with van der Waals surface area (Å²) in [4.78, 5) is 27.5. The number of hydrogen-bond acceptors (Lipinski definition) is 7. The molecule has 10 heteroatoms. The van der Waals surface area contributed by atoms with E-state index in [2.05, 4.69) is 60.1 Å². The zero-order chi connectivity index (χ0) is 24.6. The summed E-state index contributed by atoms with van der Waals surface area (Å²) in [5, 5.41) is 15.3. The van der Waals surface area contributed by atoms with E-state index in [-0.39, 0.29) is 17.7 Å². The van der Waals surface area contributed by atoms with Gasteiger partial charge in [-0.2, -0.15) is 0 Å². The molecule has 1 unspecified atom stereocenters. The highest BCUT2D eigenvalue weighted by molar-refractivity contribution is 7.99. The molecule has 3 aromatic heterocycles. The lowest BCUT2D eigenvalue weighted by molar-refractivity contribution is -0.113. The minimum Gasteiger partial charge on any atom is -0.365 e. The number of carbonyl (C=O) groups excluding carboxylic acids is 2. The summed E-state index contributed by atoms with van der Waals surface area (Å²) in [6.07, 6.45) is 3.72. The van der Waals surface area contributed by atoms with Crippen molar-refractivity contribution >= 4 is 51.3 Å². The van der Waals surface area contributed by atoms with Crippen LogP contribution < -0.4 is 11.1 Å². The molecule has 0 radical (unpaired) electrons. The Hall–Kier alpha value is -2.17. The number of hydrogen-bond donors (Lipinski definition) is 2. The number of carbonyl (C=O) groups is 2. The number of anilines is 1. The van der Waals surface area contributed by atoms with Gasteiger partial charge in [0, 0.05) is 26.7 Å². The number of nitrogens with one attached hydrogen (secondary N) is 1. The maximum Gasteiger partial charge on any atom is 0.251 e. The Morgan fingerprint density at radius 2 is 2.12 bits per heavy atom. The van der Waals surface area contributed by atoms with Crippen LogP contribution in [-0.4, -0.2) is 32.3 Å². The number of nitrogens with zero attached hydrogens (tertiary/aromatic N) is 3. The number of primary amides is 1. The SMILES string of the molecule is CCc1c(-c2nnc(SCC(=O)Nc3sc4c(c3C(N)=O)CCC(C)C4)n2C(C)C)csc1C. The van der Waals surface area contributed by atoms with Gasteiger partial charge in [0.25, 0.3) is 5.91 Å². The Morgan fingerprint density at radius 3 is 2.79 bits per heavy atom. The summed E-state index contributed by atoms with van der Waals surface area (Å²) >= 11 is 4.57. The Morgan fingerprint density at radius 1 is 1.35 bits per heavy atom. The number of aryl methyl sites for hydroxylation is 1. The van der Waals surface area contributed by atoms with Crippen LogP contribution in [0.3, 0.4) is 0 Å². The molecule has 0 saturated heterocycles. The quantitative estimate of drug-likeness (QED) is 0.386. The molecule has 3 heterocycles. The van der Waals surface area contributed by atoms with Crippen molar-refractivity contribution in [3.63, 3.8) is 0 Å². The van der Waals surface area contributed by atoms with E-state index in [0.717, 1.165) is 47.5 Å². The van der Waals surface area contributed by atoms with E-state index in [0.29, 0.717) is 21.6 Å². The predicted molar refractivity (Wildman–Crippen MR) is 141 cm³/mol. The van der Waals surface area contributed by atoms with Crippen molar-refractivity contribution in [3.8, 4) is 11.4 Å². The van der Waals surface area contributed by atoms with Gasteiger partial charge in [-0.15, -0.1) is 32.9 Å². The third-order valence-electron chi connectivity index (χ3n) is 6.22. The molecule has 34 heavy (non-hydrogen) atoms. The standard InChI is InChI=1S/C24H31N5O2S3/c1-6-15-14(5)32-10-17(15)22-27-28-24(29(22)12(2)3)33-11-19(30)26-23-20(21(25)31)16-8-7-13(4)9-18(16)34-23/h10,12-13H,6-9,11H2,1-5H3,(H2,25,31)(H,26,30). The molecular weight excluding hydrogens is 486 g/mol. The fourth-order valence-electron chi connectivity index (χ4n) is 4.52. The van der Waals surface area contributed by atoms with E-state index in [1.807, 2.05) is 0 Å². The van der Waals surface area contributed by atoms with Crippen molar-refractivity contribution in [2.45, 2.75) is 71.5 Å². The molecule has 1 atom stereocenters. The van der Waals surface area contributed by atoms with Crippen LogP contribution >= 0.6 is 34.4 Å². The van der Waals surface area contributed by atoms with Gasteiger partial charge in [-0.25, -0.2) is 0 Å². The highest BCUT2D eigenvalue weighted by Gasteiger charge is 2.27. The molecule has 1 aliphatic rings. The van der Waals surface area contributed by atoms with Gasteiger partial charge in [0.2, 0.25) is 5.91 Å². The van der Waals surface area contributed by atoms with Crippen LogP contribution in [0.5, 0.6) is 0 Å². The second-order valence-corrected chi connectivity index (χ2v) is 12.2. The van der Waals surface area contributed by atoms with Gasteiger partial charge in [-0.05, 0) is 63.5 Å². The summed E-state index contributed by atoms with van der Waals surface area (Å²) in [6.45, 7) is 10.7. The maximum absolute atomic E-state index is 12.9. The van der Waals surface area contributed by atoms with E-state index < -0.39 is 5.91 Å². The molecule has 0 aliphatic heterocycles. The lowest BCUT2D eigenvalue weighted by Crippen LogP contribution is -2.20. The Labute approximate surface area is 212 Å². The van der Waals surface area contributed by atoms with Crippen LogP contribution in [0.2, 0.25) is 0 Å². The van der Waals surface area contributed by atoms with Gasteiger partial charge in [0.15, 0.2) is 11.0 Å². The van der Waals surface area contributed by atoms with Crippen molar-refractivity contribution in [1.82, 2.24) is 14.8 Å². The fourth-order valence-corrected chi connectivity index (χ4v) is 7.76. The third kappa shape index (κ3) is 4.81. The molecule has 0 spiro atoms. The summed E-state index contributed by atoms with van der Waals surface area (Å²) in [5.41, 5.74) is 9.60. The molecule has 4 rings (SSSR count). The number of fused-ring (bicyclic) bond motifs is 1. The smallest absolute Gasteiger partial charge is 0.251 e. The molecule has 3 N–H and O–H groups in total. The zero-order valence-corrected chi connectivity index (χ0v) is 22.7. The Kier molecular flexibility index (Phi) is 7.49. The molecule has 0 bridgehead atoms. The average Bonchev–Trinajstić information content (AvgIpc) is 3.45. The molecule has 182 valence electrons. The van der Waals surface area contributed by atoms with E-state index in [4.69, 9.17) is 5.73 Å².